The zero-order valence-electron chi connectivity index (χ0n) is 15.8. The number of carbonyl (C=O) groups is 4. The second-order valence-corrected chi connectivity index (χ2v) is 7.11. The van der Waals surface area contributed by atoms with E-state index < -0.39 is 35.0 Å². The standard InChI is InChI=1S/C21H18N2O7/c24-17-6-3-11(8-16(17)21(28)29)18(25)22-12-4-5-14-15(9-12)20(27)23(19(14)26)10-13-2-1-7-30-13/h3-6,8-9,13,24H,1-2,7,10H2,(H,22,25)(H,28,29). The number of hydrogen-bond donors (Lipinski definition) is 3. The van der Waals surface area contributed by atoms with Gasteiger partial charge in [-0.1, -0.05) is 0 Å². The summed E-state index contributed by atoms with van der Waals surface area (Å²) in [5.41, 5.74) is 0.348. The third-order valence-electron chi connectivity index (χ3n) is 5.13. The summed E-state index contributed by atoms with van der Waals surface area (Å²) in [7, 11) is 0. The first-order valence-electron chi connectivity index (χ1n) is 9.34. The molecule has 30 heavy (non-hydrogen) atoms. The van der Waals surface area contributed by atoms with Crippen molar-refractivity contribution >= 4 is 29.4 Å². The maximum atomic E-state index is 12.7. The molecule has 0 radical (unpaired) electrons. The van der Waals surface area contributed by atoms with Crippen molar-refractivity contribution in [2.24, 2.45) is 0 Å². The Bertz CT molecular complexity index is 1070. The Hall–Kier alpha value is -3.72. The van der Waals surface area contributed by atoms with Crippen LogP contribution in [-0.4, -0.2) is 58.1 Å². The third kappa shape index (κ3) is 3.50. The Kier molecular flexibility index (Phi) is 4.96. The summed E-state index contributed by atoms with van der Waals surface area (Å²) < 4.78 is 5.51. The molecule has 0 spiro atoms. The maximum absolute atomic E-state index is 12.7. The van der Waals surface area contributed by atoms with E-state index in [1.54, 1.807) is 0 Å². The van der Waals surface area contributed by atoms with Crippen LogP contribution in [0, 0.1) is 0 Å². The Labute approximate surface area is 170 Å². The minimum absolute atomic E-state index is 0.0214. The number of anilines is 1. The summed E-state index contributed by atoms with van der Waals surface area (Å²) in [6.07, 6.45) is 1.52. The van der Waals surface area contributed by atoms with Gasteiger partial charge in [-0.2, -0.15) is 0 Å². The molecule has 1 atom stereocenters. The van der Waals surface area contributed by atoms with Gasteiger partial charge in [0.05, 0.1) is 23.8 Å². The number of fused-ring (bicyclic) bond motifs is 1. The van der Waals surface area contributed by atoms with Gasteiger partial charge < -0.3 is 20.3 Å². The smallest absolute Gasteiger partial charge is 0.339 e. The first-order valence-corrected chi connectivity index (χ1v) is 9.34. The zero-order chi connectivity index (χ0) is 21.4. The van der Waals surface area contributed by atoms with Crippen molar-refractivity contribution in [1.82, 2.24) is 4.90 Å². The van der Waals surface area contributed by atoms with E-state index in [4.69, 9.17) is 9.84 Å². The third-order valence-corrected chi connectivity index (χ3v) is 5.13. The summed E-state index contributed by atoms with van der Waals surface area (Å²) in [5.74, 6) is -3.28. The molecule has 0 bridgehead atoms. The average molecular weight is 410 g/mol. The first-order chi connectivity index (χ1) is 14.3. The maximum Gasteiger partial charge on any atom is 0.339 e. The molecular formula is C21H18N2O7. The summed E-state index contributed by atoms with van der Waals surface area (Å²) in [5, 5.41) is 21.2. The van der Waals surface area contributed by atoms with Gasteiger partial charge in [0, 0.05) is 17.9 Å². The van der Waals surface area contributed by atoms with E-state index in [-0.39, 0.29) is 35.0 Å². The highest BCUT2D eigenvalue weighted by Gasteiger charge is 2.37. The van der Waals surface area contributed by atoms with Crippen LogP contribution < -0.4 is 5.32 Å². The molecule has 3 amide bonds. The van der Waals surface area contributed by atoms with E-state index in [0.717, 1.165) is 29.9 Å². The largest absolute Gasteiger partial charge is 0.507 e. The average Bonchev–Trinajstić information content (AvgIpc) is 3.31. The molecule has 1 unspecified atom stereocenters. The SMILES string of the molecule is O=C(Nc1ccc2c(c1)C(=O)N(CC1CCCO1)C2=O)c1ccc(O)c(C(=O)O)c1. The monoisotopic (exact) mass is 410 g/mol. The highest BCUT2D eigenvalue weighted by atomic mass is 16.5. The molecule has 2 aromatic rings. The molecule has 0 saturated carbocycles. The minimum atomic E-state index is -1.37. The molecule has 4 rings (SSSR count). The number of phenols is 1. The Morgan fingerprint density at radius 1 is 1.10 bits per heavy atom. The summed E-state index contributed by atoms with van der Waals surface area (Å²) >= 11 is 0. The predicted molar refractivity (Wildman–Crippen MR) is 104 cm³/mol. The van der Waals surface area contributed by atoms with Crippen molar-refractivity contribution in [2.75, 3.05) is 18.5 Å². The quantitative estimate of drug-likeness (QED) is 0.643. The van der Waals surface area contributed by atoms with E-state index in [0.29, 0.717) is 6.61 Å². The molecule has 1 fully saturated rings. The Balaban J connectivity index is 1.53. The number of carbonyl (C=O) groups excluding carboxylic acids is 3. The van der Waals surface area contributed by atoms with Crippen LogP contribution in [0.25, 0.3) is 0 Å². The predicted octanol–water partition coefficient (Wildman–Crippen LogP) is 2.12. The number of imide groups is 1. The summed E-state index contributed by atoms with van der Waals surface area (Å²) in [4.78, 5) is 50.0. The number of nitrogens with zero attached hydrogens (tertiary/aromatic N) is 1. The van der Waals surface area contributed by atoms with E-state index >= 15 is 0 Å². The van der Waals surface area contributed by atoms with Crippen LogP contribution in [0.15, 0.2) is 36.4 Å². The fourth-order valence-electron chi connectivity index (χ4n) is 3.58. The molecule has 9 heteroatoms. The summed E-state index contributed by atoms with van der Waals surface area (Å²) in [6.45, 7) is 0.810. The zero-order valence-corrected chi connectivity index (χ0v) is 15.8. The van der Waals surface area contributed by atoms with Crippen molar-refractivity contribution in [3.63, 3.8) is 0 Å². The number of hydrogen-bond acceptors (Lipinski definition) is 6. The molecule has 0 aromatic heterocycles. The number of carboxylic acids is 1. The molecule has 9 nitrogen and oxygen atoms in total. The number of aromatic carboxylic acids is 1. The highest BCUT2D eigenvalue weighted by Crippen LogP contribution is 2.28. The number of amides is 3. The van der Waals surface area contributed by atoms with Crippen LogP contribution in [0.3, 0.4) is 0 Å². The lowest BCUT2D eigenvalue weighted by molar-refractivity contribution is 0.0475. The number of ether oxygens (including phenoxy) is 1. The van der Waals surface area contributed by atoms with E-state index in [1.165, 1.54) is 24.3 Å². The van der Waals surface area contributed by atoms with Crippen LogP contribution in [0.1, 0.15) is 54.3 Å². The molecular weight excluding hydrogens is 392 g/mol. The van der Waals surface area contributed by atoms with Gasteiger partial charge in [0.25, 0.3) is 17.7 Å². The van der Waals surface area contributed by atoms with Crippen molar-refractivity contribution in [3.05, 3.63) is 58.7 Å². The van der Waals surface area contributed by atoms with Crippen molar-refractivity contribution in [1.29, 1.82) is 0 Å². The molecule has 0 aliphatic carbocycles. The second-order valence-electron chi connectivity index (χ2n) is 7.11. The van der Waals surface area contributed by atoms with Crippen LogP contribution in [0.5, 0.6) is 5.75 Å². The number of aromatic hydroxyl groups is 1. The number of nitrogens with one attached hydrogen (secondary N) is 1. The van der Waals surface area contributed by atoms with Crippen LogP contribution in [-0.2, 0) is 4.74 Å². The van der Waals surface area contributed by atoms with Crippen molar-refractivity contribution in [2.45, 2.75) is 18.9 Å². The summed E-state index contributed by atoms with van der Waals surface area (Å²) in [6, 6.07) is 7.84. The molecule has 3 N–H and O–H groups in total. The highest BCUT2D eigenvalue weighted by molar-refractivity contribution is 6.22. The van der Waals surface area contributed by atoms with Gasteiger partial charge in [0.1, 0.15) is 11.3 Å². The Morgan fingerprint density at radius 3 is 2.57 bits per heavy atom. The molecule has 2 heterocycles. The molecule has 2 aliphatic rings. The number of rotatable bonds is 5. The molecule has 154 valence electrons. The fourth-order valence-corrected chi connectivity index (χ4v) is 3.58. The lowest BCUT2D eigenvalue weighted by atomic mass is 10.1. The van der Waals surface area contributed by atoms with Crippen LogP contribution >= 0.6 is 0 Å². The second kappa shape index (κ2) is 7.60. The van der Waals surface area contributed by atoms with E-state index in [9.17, 15) is 24.3 Å². The lowest BCUT2D eigenvalue weighted by Crippen LogP contribution is -2.36. The van der Waals surface area contributed by atoms with Gasteiger partial charge in [-0.05, 0) is 49.2 Å². The van der Waals surface area contributed by atoms with Crippen LogP contribution in [0.4, 0.5) is 5.69 Å². The number of carboxylic acid groups (broad SMARTS) is 1. The van der Waals surface area contributed by atoms with Gasteiger partial charge >= 0.3 is 5.97 Å². The lowest BCUT2D eigenvalue weighted by Gasteiger charge is -2.17. The minimum Gasteiger partial charge on any atom is -0.507 e. The number of benzene rings is 2. The molecule has 1 saturated heterocycles. The topological polar surface area (TPSA) is 133 Å². The fraction of sp³-hybridized carbons (Fsp3) is 0.238. The van der Waals surface area contributed by atoms with Crippen molar-refractivity contribution < 1.29 is 34.1 Å². The van der Waals surface area contributed by atoms with Gasteiger partial charge in [0.2, 0.25) is 0 Å². The van der Waals surface area contributed by atoms with Gasteiger partial charge in [-0.3, -0.25) is 19.3 Å². The van der Waals surface area contributed by atoms with Gasteiger partial charge in [-0.25, -0.2) is 4.79 Å². The normalized spacial score (nSPS) is 17.9. The van der Waals surface area contributed by atoms with Gasteiger partial charge in [-0.15, -0.1) is 0 Å². The first kappa shape index (κ1) is 19.6. The Morgan fingerprint density at radius 2 is 1.87 bits per heavy atom. The molecule has 2 aliphatic heterocycles. The molecule has 2 aromatic carbocycles. The van der Waals surface area contributed by atoms with Gasteiger partial charge in [0.15, 0.2) is 0 Å². The van der Waals surface area contributed by atoms with Crippen LogP contribution in [0.2, 0.25) is 0 Å². The van der Waals surface area contributed by atoms with E-state index in [2.05, 4.69) is 5.32 Å². The van der Waals surface area contributed by atoms with E-state index in [1.807, 2.05) is 0 Å². The van der Waals surface area contributed by atoms with Crippen molar-refractivity contribution in [3.8, 4) is 5.75 Å².